The van der Waals surface area contributed by atoms with E-state index < -0.39 is 0 Å². The Morgan fingerprint density at radius 3 is 2.79 bits per heavy atom. The van der Waals surface area contributed by atoms with Crippen LogP contribution in [0, 0.1) is 0 Å². The van der Waals surface area contributed by atoms with Crippen LogP contribution in [0.15, 0.2) is 41.0 Å². The molecule has 5 nitrogen and oxygen atoms in total. The number of rotatable bonds is 5. The van der Waals surface area contributed by atoms with E-state index in [2.05, 4.69) is 22.4 Å². The number of thiazole rings is 1. The largest absolute Gasteiger partial charge is 0.409 e. The van der Waals surface area contributed by atoms with Gasteiger partial charge >= 0.3 is 0 Å². The van der Waals surface area contributed by atoms with Crippen LogP contribution in [0.3, 0.4) is 0 Å². The first-order valence-electron chi connectivity index (χ1n) is 5.90. The molecular formula is C13H16N4OS. The van der Waals surface area contributed by atoms with Crippen molar-refractivity contribution < 1.29 is 5.21 Å². The fourth-order valence-electron chi connectivity index (χ4n) is 1.66. The third-order valence-electron chi connectivity index (χ3n) is 2.79. The zero-order valence-electron chi connectivity index (χ0n) is 10.6. The molecule has 0 saturated heterocycles. The smallest absolute Gasteiger partial charge is 0.170 e. The lowest BCUT2D eigenvalue weighted by atomic mass is 10.1. The van der Waals surface area contributed by atoms with Crippen LogP contribution in [0.5, 0.6) is 0 Å². The molecule has 1 unspecified atom stereocenters. The lowest BCUT2D eigenvalue weighted by molar-refractivity contribution is 0.318. The predicted molar refractivity (Wildman–Crippen MR) is 76.3 cm³/mol. The Balaban J connectivity index is 1.93. The molecule has 1 atom stereocenters. The molecular weight excluding hydrogens is 260 g/mol. The van der Waals surface area contributed by atoms with E-state index in [-0.39, 0.29) is 11.9 Å². The van der Waals surface area contributed by atoms with Gasteiger partial charge in [-0.1, -0.05) is 29.4 Å². The summed E-state index contributed by atoms with van der Waals surface area (Å²) in [7, 11) is 0. The normalized spacial score (nSPS) is 13.4. The van der Waals surface area contributed by atoms with E-state index in [9.17, 15) is 0 Å². The SMILES string of the molecule is CC(NCc1ccc(C(N)=NO)cc1)c1nccs1. The van der Waals surface area contributed by atoms with Crippen LogP contribution >= 0.6 is 11.3 Å². The summed E-state index contributed by atoms with van der Waals surface area (Å²) < 4.78 is 0. The lowest BCUT2D eigenvalue weighted by Gasteiger charge is -2.11. The highest BCUT2D eigenvalue weighted by Gasteiger charge is 2.07. The first-order valence-corrected chi connectivity index (χ1v) is 6.78. The summed E-state index contributed by atoms with van der Waals surface area (Å²) in [5, 5.41) is 18.0. The number of hydrogen-bond donors (Lipinski definition) is 3. The van der Waals surface area contributed by atoms with Gasteiger partial charge in [0.1, 0.15) is 5.01 Å². The Kier molecular flexibility index (Phi) is 4.48. The number of nitrogens with one attached hydrogen (secondary N) is 1. The fraction of sp³-hybridized carbons (Fsp3) is 0.231. The number of aromatic nitrogens is 1. The van der Waals surface area contributed by atoms with Crippen molar-refractivity contribution in [3.8, 4) is 0 Å². The fourth-order valence-corrected chi connectivity index (χ4v) is 2.33. The van der Waals surface area contributed by atoms with Crippen molar-refractivity contribution in [1.82, 2.24) is 10.3 Å². The number of oxime groups is 1. The van der Waals surface area contributed by atoms with E-state index in [4.69, 9.17) is 10.9 Å². The van der Waals surface area contributed by atoms with Gasteiger partial charge in [-0.15, -0.1) is 11.3 Å². The van der Waals surface area contributed by atoms with Gasteiger partial charge in [-0.2, -0.15) is 0 Å². The maximum absolute atomic E-state index is 8.58. The molecule has 0 aliphatic rings. The molecule has 2 aromatic rings. The third-order valence-corrected chi connectivity index (χ3v) is 3.75. The Hall–Kier alpha value is -1.92. The number of hydrogen-bond acceptors (Lipinski definition) is 5. The van der Waals surface area contributed by atoms with E-state index in [1.165, 1.54) is 0 Å². The monoisotopic (exact) mass is 276 g/mol. The molecule has 0 bridgehead atoms. The second-order valence-corrected chi connectivity index (χ2v) is 5.08. The summed E-state index contributed by atoms with van der Waals surface area (Å²) in [5.41, 5.74) is 7.35. The van der Waals surface area contributed by atoms with Crippen LogP contribution < -0.4 is 11.1 Å². The molecule has 1 heterocycles. The van der Waals surface area contributed by atoms with Crippen LogP contribution in [-0.4, -0.2) is 16.0 Å². The molecule has 100 valence electrons. The quantitative estimate of drug-likeness (QED) is 0.338. The highest BCUT2D eigenvalue weighted by Crippen LogP contribution is 2.15. The van der Waals surface area contributed by atoms with Crippen molar-refractivity contribution in [2.45, 2.75) is 19.5 Å². The van der Waals surface area contributed by atoms with Crippen LogP contribution in [0.25, 0.3) is 0 Å². The standard InChI is InChI=1S/C13H16N4OS/c1-9(13-15-6-7-19-13)16-8-10-2-4-11(5-3-10)12(14)17-18/h2-7,9,16,18H,8H2,1H3,(H2,14,17). The zero-order chi connectivity index (χ0) is 13.7. The van der Waals surface area contributed by atoms with Crippen LogP contribution in [0.1, 0.15) is 29.1 Å². The van der Waals surface area contributed by atoms with Gasteiger partial charge in [0.15, 0.2) is 5.84 Å². The minimum atomic E-state index is 0.121. The summed E-state index contributed by atoms with van der Waals surface area (Å²) in [6.45, 7) is 2.83. The molecule has 6 heteroatoms. The van der Waals surface area contributed by atoms with Gasteiger partial charge in [-0.3, -0.25) is 0 Å². The number of benzene rings is 1. The molecule has 0 aliphatic heterocycles. The molecule has 1 aromatic carbocycles. The van der Waals surface area contributed by atoms with Gasteiger partial charge < -0.3 is 16.3 Å². The molecule has 19 heavy (non-hydrogen) atoms. The van der Waals surface area contributed by atoms with Crippen LogP contribution in [0.2, 0.25) is 0 Å². The Labute approximate surface area is 115 Å². The molecule has 4 N–H and O–H groups in total. The summed E-state index contributed by atoms with van der Waals surface area (Å²) in [5.74, 6) is 0.121. The lowest BCUT2D eigenvalue weighted by Crippen LogP contribution is -2.18. The Morgan fingerprint density at radius 1 is 1.47 bits per heavy atom. The van der Waals surface area contributed by atoms with E-state index in [0.29, 0.717) is 5.56 Å². The van der Waals surface area contributed by atoms with Crippen molar-refractivity contribution in [2.75, 3.05) is 0 Å². The minimum Gasteiger partial charge on any atom is -0.409 e. The van der Waals surface area contributed by atoms with Gasteiger partial charge in [0, 0.05) is 23.7 Å². The van der Waals surface area contributed by atoms with Crippen molar-refractivity contribution in [3.05, 3.63) is 52.0 Å². The van der Waals surface area contributed by atoms with Crippen LogP contribution in [-0.2, 0) is 6.54 Å². The average molecular weight is 276 g/mol. The van der Waals surface area contributed by atoms with E-state index >= 15 is 0 Å². The summed E-state index contributed by atoms with van der Waals surface area (Å²) >= 11 is 1.64. The average Bonchev–Trinajstić information content (AvgIpc) is 2.98. The molecule has 0 amide bonds. The van der Waals surface area contributed by atoms with Gasteiger partial charge in [-0.25, -0.2) is 4.98 Å². The van der Waals surface area contributed by atoms with Crippen molar-refractivity contribution in [1.29, 1.82) is 0 Å². The van der Waals surface area contributed by atoms with Crippen molar-refractivity contribution >= 4 is 17.2 Å². The van der Waals surface area contributed by atoms with Crippen molar-refractivity contribution in [3.63, 3.8) is 0 Å². The van der Waals surface area contributed by atoms with E-state index in [1.807, 2.05) is 35.8 Å². The maximum Gasteiger partial charge on any atom is 0.170 e. The first-order chi connectivity index (χ1) is 9.20. The van der Waals surface area contributed by atoms with Gasteiger partial charge in [0.2, 0.25) is 0 Å². The Morgan fingerprint density at radius 2 is 2.21 bits per heavy atom. The topological polar surface area (TPSA) is 83.5 Å². The summed E-state index contributed by atoms with van der Waals surface area (Å²) in [4.78, 5) is 4.27. The number of nitrogens with zero attached hydrogens (tertiary/aromatic N) is 2. The van der Waals surface area contributed by atoms with E-state index in [1.54, 1.807) is 11.3 Å². The molecule has 1 aromatic heterocycles. The molecule has 0 spiro atoms. The molecule has 0 aliphatic carbocycles. The number of amidine groups is 1. The molecule has 2 rings (SSSR count). The second-order valence-electron chi connectivity index (χ2n) is 4.16. The summed E-state index contributed by atoms with van der Waals surface area (Å²) in [6.07, 6.45) is 1.81. The predicted octanol–water partition coefficient (Wildman–Crippen LogP) is 2.09. The summed E-state index contributed by atoms with van der Waals surface area (Å²) in [6, 6.07) is 7.80. The van der Waals surface area contributed by atoms with Gasteiger partial charge in [0.05, 0.1) is 6.04 Å². The highest BCUT2D eigenvalue weighted by molar-refractivity contribution is 7.09. The van der Waals surface area contributed by atoms with Gasteiger partial charge in [-0.05, 0) is 12.5 Å². The minimum absolute atomic E-state index is 0.121. The third kappa shape index (κ3) is 3.52. The highest BCUT2D eigenvalue weighted by atomic mass is 32.1. The molecule has 0 fully saturated rings. The molecule has 0 saturated carbocycles. The van der Waals surface area contributed by atoms with Gasteiger partial charge in [0.25, 0.3) is 0 Å². The first kappa shape index (κ1) is 13.5. The van der Waals surface area contributed by atoms with Crippen LogP contribution in [0.4, 0.5) is 0 Å². The second kappa shape index (κ2) is 6.31. The molecule has 0 radical (unpaired) electrons. The zero-order valence-corrected chi connectivity index (χ0v) is 11.4. The number of nitrogens with two attached hydrogens (primary N) is 1. The Bertz CT molecular complexity index is 536. The van der Waals surface area contributed by atoms with Crippen molar-refractivity contribution in [2.24, 2.45) is 10.9 Å². The maximum atomic E-state index is 8.58. The van der Waals surface area contributed by atoms with E-state index in [0.717, 1.165) is 17.1 Å².